The Balaban J connectivity index is 0.000000431. The van der Waals surface area contributed by atoms with E-state index in [1.54, 1.807) is 0 Å². The molecular formula is C19H21ClO6. The third kappa shape index (κ3) is 4.60. The first kappa shape index (κ1) is 20.4. The van der Waals surface area contributed by atoms with Crippen LogP contribution in [0.25, 0.3) is 21.7 Å². The predicted molar refractivity (Wildman–Crippen MR) is 88.0 cm³/mol. The summed E-state index contributed by atoms with van der Waals surface area (Å²) in [6, 6.07) is 10.1. The van der Waals surface area contributed by atoms with Crippen molar-refractivity contribution in [2.75, 3.05) is 0 Å². The van der Waals surface area contributed by atoms with Gasteiger partial charge in [0, 0.05) is 11.5 Å². The molecule has 0 bridgehead atoms. The van der Waals surface area contributed by atoms with Crippen LogP contribution in [0.5, 0.6) is 5.75 Å². The topological polar surface area (TPSA) is 124 Å². The van der Waals surface area contributed by atoms with Crippen molar-refractivity contribution in [3.63, 3.8) is 0 Å². The predicted octanol–water partition coefficient (Wildman–Crippen LogP) is 0.731. The monoisotopic (exact) mass is 380 g/mol. The third-order valence-corrected chi connectivity index (χ3v) is 4.04. The molecule has 0 atom stereocenters. The van der Waals surface area contributed by atoms with E-state index in [1.807, 2.05) is 31.2 Å². The fourth-order valence-corrected chi connectivity index (χ4v) is 2.96. The van der Waals surface area contributed by atoms with Gasteiger partial charge in [-0.15, -0.1) is 10.2 Å². The smallest absolute Gasteiger partial charge is 0.368 e. The zero-order valence-corrected chi connectivity index (χ0v) is 16.0. The molecule has 140 valence electrons. The van der Waals surface area contributed by atoms with Crippen molar-refractivity contribution in [1.29, 1.82) is 0 Å². The van der Waals surface area contributed by atoms with Gasteiger partial charge in [-0.3, -0.25) is 0 Å². The Kier molecular flexibility index (Phi) is 5.46. The summed E-state index contributed by atoms with van der Waals surface area (Å²) < 4.78 is 39.9. The van der Waals surface area contributed by atoms with Gasteiger partial charge in [-0.1, -0.05) is 26.8 Å². The van der Waals surface area contributed by atoms with Crippen LogP contribution in [0.1, 0.15) is 37.7 Å². The minimum Gasteiger partial charge on any atom is -0.507 e. The number of halogens is 1. The average Bonchev–Trinajstić information content (AvgIpc) is 2.44. The maximum Gasteiger partial charge on any atom is 0.368 e. The molecule has 0 saturated carbocycles. The number of benzene rings is 2. The van der Waals surface area contributed by atoms with Crippen molar-refractivity contribution in [3.05, 3.63) is 47.2 Å². The van der Waals surface area contributed by atoms with Crippen LogP contribution >= 0.6 is 0 Å². The van der Waals surface area contributed by atoms with E-state index in [1.165, 1.54) is 5.56 Å². The Morgan fingerprint density at radius 2 is 1.38 bits per heavy atom. The second-order valence-corrected chi connectivity index (χ2v) is 7.92. The number of hydrogen-bond donors (Lipinski definition) is 1. The standard InChI is InChI=1S/C19H20O2.ClHO4/c1-11-10-12(2)21-18-13(11)6-7-14-15(18)8-9-16(17(14)20)19(3,4)5;2-1(3,4)5/h6-10H,1-5H3;(H,2,3,4,5). The van der Waals surface area contributed by atoms with Crippen molar-refractivity contribution in [3.8, 4) is 5.75 Å². The quantitative estimate of drug-likeness (QED) is 0.453. The second kappa shape index (κ2) is 6.98. The van der Waals surface area contributed by atoms with Gasteiger partial charge in [0.1, 0.15) is 5.75 Å². The van der Waals surface area contributed by atoms with Gasteiger partial charge < -0.3 is 5.11 Å². The largest absolute Gasteiger partial charge is 0.507 e. The van der Waals surface area contributed by atoms with E-state index in [9.17, 15) is 5.11 Å². The molecule has 3 aromatic rings. The Morgan fingerprint density at radius 3 is 1.92 bits per heavy atom. The summed E-state index contributed by atoms with van der Waals surface area (Å²) in [6.45, 7) is 10.4. The average molecular weight is 381 g/mol. The molecule has 0 saturated heterocycles. The van der Waals surface area contributed by atoms with Crippen molar-refractivity contribution in [2.24, 2.45) is 0 Å². The number of aromatic hydroxyl groups is 1. The van der Waals surface area contributed by atoms with Crippen LogP contribution in [0.2, 0.25) is 0 Å². The summed E-state index contributed by atoms with van der Waals surface area (Å²) in [5.74, 6) is 1.24. The van der Waals surface area contributed by atoms with Crippen molar-refractivity contribution in [1.82, 2.24) is 0 Å². The molecule has 0 aliphatic rings. The first-order chi connectivity index (χ1) is 11.8. The number of rotatable bonds is 0. The maximum atomic E-state index is 10.6. The fourth-order valence-electron chi connectivity index (χ4n) is 2.96. The summed E-state index contributed by atoms with van der Waals surface area (Å²) in [5.41, 5.74) is 2.90. The highest BCUT2D eigenvalue weighted by Crippen LogP contribution is 2.39. The van der Waals surface area contributed by atoms with Gasteiger partial charge in [0.15, 0.2) is 0 Å². The minimum absolute atomic E-state index is 0.0904. The zero-order chi connectivity index (χ0) is 19.9. The lowest BCUT2D eigenvalue weighted by Crippen LogP contribution is -2.68. The molecule has 26 heavy (non-hydrogen) atoms. The van der Waals surface area contributed by atoms with E-state index in [2.05, 4.69) is 33.8 Å². The van der Waals surface area contributed by atoms with Gasteiger partial charge >= 0.3 is 11.3 Å². The lowest BCUT2D eigenvalue weighted by molar-refractivity contribution is -2.00. The molecule has 1 aromatic heterocycles. The molecule has 0 aliphatic carbocycles. The maximum absolute atomic E-state index is 10.6. The minimum atomic E-state index is -4.94. The van der Waals surface area contributed by atoms with Crippen molar-refractivity contribution in [2.45, 2.75) is 40.0 Å². The molecule has 0 spiro atoms. The first-order valence-corrected chi connectivity index (χ1v) is 9.13. The number of aryl methyl sites for hydroxylation is 2. The van der Waals surface area contributed by atoms with E-state index < -0.39 is 10.2 Å². The fraction of sp³-hybridized carbons (Fsp3) is 0.316. The summed E-state index contributed by atoms with van der Waals surface area (Å²) >= 11 is 0. The lowest BCUT2D eigenvalue weighted by Gasteiger charge is -2.21. The molecule has 0 amide bonds. The summed E-state index contributed by atoms with van der Waals surface area (Å²) in [5, 5.41) is 13.5. The molecule has 6 nitrogen and oxygen atoms in total. The van der Waals surface area contributed by atoms with Crippen LogP contribution in [0.4, 0.5) is 0 Å². The van der Waals surface area contributed by atoms with Crippen molar-refractivity contribution < 1.29 is 38.4 Å². The molecule has 0 unspecified atom stereocenters. The van der Waals surface area contributed by atoms with E-state index in [0.29, 0.717) is 5.75 Å². The molecule has 1 heterocycles. The third-order valence-electron chi connectivity index (χ3n) is 4.04. The van der Waals surface area contributed by atoms with E-state index in [-0.39, 0.29) is 5.41 Å². The molecule has 1 N–H and O–H groups in total. The van der Waals surface area contributed by atoms with E-state index >= 15 is 0 Å². The number of fused-ring (bicyclic) bond motifs is 3. The number of phenols is 1. The van der Waals surface area contributed by atoms with Crippen LogP contribution in [0, 0.1) is 24.1 Å². The van der Waals surface area contributed by atoms with Gasteiger partial charge in [0.2, 0.25) is 0 Å². The molecule has 0 radical (unpaired) electrons. The van der Waals surface area contributed by atoms with E-state index in [0.717, 1.165) is 33.1 Å². The Bertz CT molecular complexity index is 948. The van der Waals surface area contributed by atoms with Crippen LogP contribution in [0.3, 0.4) is 0 Å². The second-order valence-electron chi connectivity index (χ2n) is 7.17. The molecule has 7 heteroatoms. The Labute approximate surface area is 153 Å². The highest BCUT2D eigenvalue weighted by Gasteiger charge is 2.23. The van der Waals surface area contributed by atoms with Gasteiger partial charge in [-0.2, -0.15) is 0 Å². The Morgan fingerprint density at radius 1 is 0.885 bits per heavy atom. The van der Waals surface area contributed by atoms with Gasteiger partial charge in [-0.05, 0) is 41.7 Å². The normalized spacial score (nSPS) is 12.2. The van der Waals surface area contributed by atoms with Crippen molar-refractivity contribution >= 4 is 21.7 Å². The van der Waals surface area contributed by atoms with Crippen LogP contribution in [-0.4, -0.2) is 5.11 Å². The van der Waals surface area contributed by atoms with Crippen LogP contribution in [0.15, 0.2) is 34.7 Å². The molecular weight excluding hydrogens is 360 g/mol. The summed E-state index contributed by atoms with van der Waals surface area (Å²) in [4.78, 5) is 0. The van der Waals surface area contributed by atoms with Crippen LogP contribution < -0.4 is 18.6 Å². The van der Waals surface area contributed by atoms with Gasteiger partial charge in [-0.25, -0.2) is 23.1 Å². The molecule has 3 rings (SSSR count). The molecule has 0 aliphatic heterocycles. The lowest BCUT2D eigenvalue weighted by atomic mass is 9.84. The first-order valence-electron chi connectivity index (χ1n) is 7.90. The number of phenolic OH excluding ortho intramolecular Hbond substituents is 1. The SMILES string of the molecule is Cc1cc(C)c2ccc3c(O)c(C(C)(C)C)ccc3c2[o+]1.[O-][Cl+3]([O-])([O-])[O-]. The number of hydrogen-bond acceptors (Lipinski definition) is 5. The molecule has 2 aromatic carbocycles. The molecule has 0 fully saturated rings. The van der Waals surface area contributed by atoms with Gasteiger partial charge in [0.05, 0.1) is 17.7 Å². The summed E-state index contributed by atoms with van der Waals surface area (Å²) in [7, 11) is -4.94. The zero-order valence-electron chi connectivity index (χ0n) is 15.3. The highest BCUT2D eigenvalue weighted by molar-refractivity contribution is 6.07. The van der Waals surface area contributed by atoms with Gasteiger partial charge in [0.25, 0.3) is 0 Å². The van der Waals surface area contributed by atoms with Crippen LogP contribution in [-0.2, 0) is 5.41 Å². The van der Waals surface area contributed by atoms with E-state index in [4.69, 9.17) is 23.1 Å². The summed E-state index contributed by atoms with van der Waals surface area (Å²) in [6.07, 6.45) is 0. The Hall–Kier alpha value is -1.96. The highest BCUT2D eigenvalue weighted by atomic mass is 35.7.